The molecule has 0 spiro atoms. The number of rotatable bonds is 2. The molecule has 0 aliphatic carbocycles. The Labute approximate surface area is 155 Å². The number of alkyl halides is 3. The summed E-state index contributed by atoms with van der Waals surface area (Å²) in [4.78, 5) is 38.7. The number of hydrogen-bond acceptors (Lipinski definition) is 5. The summed E-state index contributed by atoms with van der Waals surface area (Å²) in [5.41, 5.74) is -3.73. The summed E-state index contributed by atoms with van der Waals surface area (Å²) < 4.78 is 39.2. The number of nitro groups is 1. The fourth-order valence-corrected chi connectivity index (χ4v) is 3.31. The van der Waals surface area contributed by atoms with E-state index < -0.39 is 41.0 Å². The fourth-order valence-electron chi connectivity index (χ4n) is 3.31. The zero-order valence-electron chi connectivity index (χ0n) is 14.5. The smallest absolute Gasteiger partial charge is 0.380 e. The summed E-state index contributed by atoms with van der Waals surface area (Å²) in [6.07, 6.45) is -6.13. The molecule has 1 aromatic heterocycles. The number of nitrogens with one attached hydrogen (secondary N) is 1. The van der Waals surface area contributed by atoms with Crippen LogP contribution in [0.2, 0.25) is 0 Å². The van der Waals surface area contributed by atoms with Crippen molar-refractivity contribution >= 4 is 22.5 Å². The lowest BCUT2D eigenvalue weighted by Gasteiger charge is -2.29. The maximum absolute atomic E-state index is 13.1. The van der Waals surface area contributed by atoms with Gasteiger partial charge in [-0.05, 0) is 18.9 Å². The van der Waals surface area contributed by atoms with Gasteiger partial charge in [-0.2, -0.15) is 13.2 Å². The van der Waals surface area contributed by atoms with E-state index in [9.17, 15) is 38.0 Å². The standard InChI is InChI=1S/C17H16F3N3O5/c18-17(19,20)16(26)4-1-6-22(7-5-16)15(25)12-9-14(24)21-13-3-2-10(23(27)28)8-11(12)13/h2-3,8-9,26H,1,4-7H2,(H,21,24). The summed E-state index contributed by atoms with van der Waals surface area (Å²) in [7, 11) is 0. The van der Waals surface area contributed by atoms with Gasteiger partial charge in [0.2, 0.25) is 5.56 Å². The van der Waals surface area contributed by atoms with Crippen LogP contribution in [0.5, 0.6) is 0 Å². The lowest BCUT2D eigenvalue weighted by atomic mass is 9.94. The zero-order valence-corrected chi connectivity index (χ0v) is 14.5. The predicted molar refractivity (Wildman–Crippen MR) is 92.0 cm³/mol. The second-order valence-corrected chi connectivity index (χ2v) is 6.71. The number of pyridine rings is 1. The molecule has 0 saturated carbocycles. The average Bonchev–Trinajstić information content (AvgIpc) is 2.82. The molecular formula is C17H16F3N3O5. The van der Waals surface area contributed by atoms with Crippen molar-refractivity contribution in [2.45, 2.75) is 31.0 Å². The highest BCUT2D eigenvalue weighted by molar-refractivity contribution is 6.06. The number of non-ortho nitro benzene ring substituents is 1. The largest absolute Gasteiger partial charge is 0.417 e. The number of halogens is 3. The summed E-state index contributed by atoms with van der Waals surface area (Å²) in [5, 5.41) is 21.0. The van der Waals surface area contributed by atoms with Crippen molar-refractivity contribution < 1.29 is 28.0 Å². The Morgan fingerprint density at radius 3 is 2.61 bits per heavy atom. The molecule has 11 heteroatoms. The minimum Gasteiger partial charge on any atom is -0.380 e. The molecule has 0 bridgehead atoms. The Bertz CT molecular complexity index is 1000. The van der Waals surface area contributed by atoms with Gasteiger partial charge >= 0.3 is 6.18 Å². The molecule has 150 valence electrons. The molecule has 2 heterocycles. The van der Waals surface area contributed by atoms with Crippen LogP contribution in [0.25, 0.3) is 10.9 Å². The highest BCUT2D eigenvalue weighted by Crippen LogP contribution is 2.38. The quantitative estimate of drug-likeness (QED) is 0.594. The average molecular weight is 399 g/mol. The van der Waals surface area contributed by atoms with Gasteiger partial charge < -0.3 is 15.0 Å². The number of hydrogen-bond donors (Lipinski definition) is 2. The van der Waals surface area contributed by atoms with E-state index in [0.717, 1.165) is 17.0 Å². The number of benzene rings is 1. The predicted octanol–water partition coefficient (Wildman–Crippen LogP) is 2.36. The maximum Gasteiger partial charge on any atom is 0.417 e. The molecule has 1 aliphatic rings. The first-order chi connectivity index (χ1) is 13.0. The highest BCUT2D eigenvalue weighted by atomic mass is 19.4. The van der Waals surface area contributed by atoms with E-state index in [0.29, 0.717) is 0 Å². The van der Waals surface area contributed by atoms with Gasteiger partial charge in [0.15, 0.2) is 5.60 Å². The highest BCUT2D eigenvalue weighted by Gasteiger charge is 2.53. The first-order valence-electron chi connectivity index (χ1n) is 8.42. The van der Waals surface area contributed by atoms with Crippen molar-refractivity contribution in [1.82, 2.24) is 9.88 Å². The summed E-state index contributed by atoms with van der Waals surface area (Å²) in [6, 6.07) is 4.55. The van der Waals surface area contributed by atoms with Gasteiger partial charge in [-0.15, -0.1) is 0 Å². The minimum atomic E-state index is -4.82. The number of aliphatic hydroxyl groups is 1. The molecule has 1 aliphatic heterocycles. The summed E-state index contributed by atoms with van der Waals surface area (Å²) >= 11 is 0. The summed E-state index contributed by atoms with van der Waals surface area (Å²) in [6.45, 7) is -0.404. The Balaban J connectivity index is 1.98. The monoisotopic (exact) mass is 399 g/mol. The van der Waals surface area contributed by atoms with Crippen molar-refractivity contribution in [2.24, 2.45) is 0 Å². The van der Waals surface area contributed by atoms with Crippen LogP contribution >= 0.6 is 0 Å². The number of fused-ring (bicyclic) bond motifs is 1. The van der Waals surface area contributed by atoms with Gasteiger partial charge in [0.1, 0.15) is 0 Å². The third kappa shape index (κ3) is 3.57. The Kier molecular flexibility index (Phi) is 4.88. The van der Waals surface area contributed by atoms with Gasteiger partial charge in [0, 0.05) is 48.6 Å². The van der Waals surface area contributed by atoms with Crippen molar-refractivity contribution in [1.29, 1.82) is 0 Å². The number of amides is 1. The molecule has 28 heavy (non-hydrogen) atoms. The third-order valence-electron chi connectivity index (χ3n) is 4.90. The minimum absolute atomic E-state index is 0.0412. The normalized spacial score (nSPS) is 20.8. The lowest BCUT2D eigenvalue weighted by molar-refractivity contribution is -0.384. The molecule has 1 aromatic carbocycles. The van der Waals surface area contributed by atoms with E-state index in [2.05, 4.69) is 4.98 Å². The van der Waals surface area contributed by atoms with Crippen LogP contribution in [0.15, 0.2) is 29.1 Å². The molecule has 0 radical (unpaired) electrons. The lowest BCUT2D eigenvalue weighted by Crippen LogP contribution is -2.46. The number of carbonyl (C=O) groups is 1. The number of carbonyl (C=O) groups excluding carboxylic acids is 1. The van der Waals surface area contributed by atoms with Crippen molar-refractivity contribution in [3.63, 3.8) is 0 Å². The van der Waals surface area contributed by atoms with E-state index in [4.69, 9.17) is 0 Å². The van der Waals surface area contributed by atoms with Crippen LogP contribution in [0.1, 0.15) is 29.6 Å². The van der Waals surface area contributed by atoms with Crippen LogP contribution in [-0.4, -0.2) is 50.7 Å². The van der Waals surface area contributed by atoms with Crippen molar-refractivity contribution in [3.8, 4) is 0 Å². The van der Waals surface area contributed by atoms with E-state index >= 15 is 0 Å². The Morgan fingerprint density at radius 2 is 1.96 bits per heavy atom. The van der Waals surface area contributed by atoms with E-state index in [-0.39, 0.29) is 41.7 Å². The van der Waals surface area contributed by atoms with Crippen LogP contribution in [0.3, 0.4) is 0 Å². The molecule has 2 aromatic rings. The zero-order chi connectivity index (χ0) is 20.7. The Morgan fingerprint density at radius 1 is 1.25 bits per heavy atom. The number of likely N-dealkylation sites (tertiary alicyclic amines) is 1. The molecule has 2 N–H and O–H groups in total. The van der Waals surface area contributed by atoms with Gasteiger partial charge in [0.05, 0.1) is 10.5 Å². The summed E-state index contributed by atoms with van der Waals surface area (Å²) in [5.74, 6) is -0.719. The number of nitro benzene ring substituents is 1. The molecule has 1 saturated heterocycles. The first kappa shape index (κ1) is 19.8. The second kappa shape index (κ2) is 6.89. The molecule has 1 atom stereocenters. The number of aromatic nitrogens is 1. The Hall–Kier alpha value is -2.95. The van der Waals surface area contributed by atoms with E-state index in [1.807, 2.05) is 0 Å². The van der Waals surface area contributed by atoms with E-state index in [1.54, 1.807) is 0 Å². The maximum atomic E-state index is 13.1. The van der Waals surface area contributed by atoms with Gasteiger partial charge in [-0.3, -0.25) is 19.7 Å². The van der Waals surface area contributed by atoms with Gasteiger partial charge in [-0.1, -0.05) is 0 Å². The second-order valence-electron chi connectivity index (χ2n) is 6.71. The van der Waals surface area contributed by atoms with Crippen molar-refractivity contribution in [2.75, 3.05) is 13.1 Å². The van der Waals surface area contributed by atoms with Crippen molar-refractivity contribution in [3.05, 3.63) is 50.3 Å². The molecule has 8 nitrogen and oxygen atoms in total. The van der Waals surface area contributed by atoms with Gasteiger partial charge in [0.25, 0.3) is 11.6 Å². The van der Waals surface area contributed by atoms with Crippen LogP contribution in [-0.2, 0) is 0 Å². The third-order valence-corrected chi connectivity index (χ3v) is 4.90. The molecule has 1 fully saturated rings. The number of H-pyrrole nitrogens is 1. The molecule has 3 rings (SSSR count). The van der Waals surface area contributed by atoms with E-state index in [1.165, 1.54) is 12.1 Å². The first-order valence-corrected chi connectivity index (χ1v) is 8.42. The van der Waals surface area contributed by atoms with Crippen LogP contribution in [0.4, 0.5) is 18.9 Å². The molecular weight excluding hydrogens is 383 g/mol. The molecule has 1 amide bonds. The number of aromatic amines is 1. The number of nitrogens with zero attached hydrogens (tertiary/aromatic N) is 2. The van der Waals surface area contributed by atoms with Gasteiger partial charge in [-0.25, -0.2) is 0 Å². The molecule has 1 unspecified atom stereocenters. The van der Waals surface area contributed by atoms with Crippen LogP contribution in [0, 0.1) is 10.1 Å². The SMILES string of the molecule is O=C(c1cc(=O)[nH]c2ccc([N+](=O)[O-])cc12)N1CCCC(O)(C(F)(F)F)CC1. The van der Waals surface area contributed by atoms with Crippen LogP contribution < -0.4 is 5.56 Å². The fraction of sp³-hybridized carbons (Fsp3) is 0.412. The topological polar surface area (TPSA) is 117 Å².